The van der Waals surface area contributed by atoms with Gasteiger partial charge in [0.25, 0.3) is 0 Å². The SMILES string of the molecule is CCOC(=O)C1=C(C)NC2=C(C(=O)c3ccccc32)[C@@H]1c1ccc(OCc2cccc(C)c2)c(OC)c1. The molecule has 0 saturated heterocycles. The zero-order valence-corrected chi connectivity index (χ0v) is 21.4. The van der Waals surface area contributed by atoms with Crippen LogP contribution < -0.4 is 14.8 Å². The van der Waals surface area contributed by atoms with Gasteiger partial charge in [0.05, 0.1) is 25.0 Å². The van der Waals surface area contributed by atoms with E-state index in [9.17, 15) is 9.59 Å². The maximum Gasteiger partial charge on any atom is 0.336 e. The molecule has 0 fully saturated rings. The molecule has 0 spiro atoms. The van der Waals surface area contributed by atoms with Gasteiger partial charge in [-0.25, -0.2) is 4.79 Å². The first-order valence-corrected chi connectivity index (χ1v) is 12.3. The lowest BCUT2D eigenvalue weighted by atomic mass is 9.79. The summed E-state index contributed by atoms with van der Waals surface area (Å²) in [5.74, 6) is -0.0671. The molecule has 3 aromatic carbocycles. The van der Waals surface area contributed by atoms with Crippen LogP contribution in [0.25, 0.3) is 5.70 Å². The summed E-state index contributed by atoms with van der Waals surface area (Å²) in [7, 11) is 1.58. The van der Waals surface area contributed by atoms with Crippen LogP contribution in [0.5, 0.6) is 11.5 Å². The molecular formula is C31H29NO5. The van der Waals surface area contributed by atoms with Crippen molar-refractivity contribution in [2.45, 2.75) is 33.3 Å². The molecule has 0 saturated carbocycles. The first-order chi connectivity index (χ1) is 17.9. The number of nitrogens with one attached hydrogen (secondary N) is 1. The Morgan fingerprint density at radius 3 is 2.46 bits per heavy atom. The van der Waals surface area contributed by atoms with Gasteiger partial charge in [-0.2, -0.15) is 0 Å². The summed E-state index contributed by atoms with van der Waals surface area (Å²) in [6, 6.07) is 21.2. The van der Waals surface area contributed by atoms with E-state index in [4.69, 9.17) is 14.2 Å². The Kier molecular flexibility index (Phi) is 6.57. The molecule has 0 aromatic heterocycles. The van der Waals surface area contributed by atoms with Crippen LogP contribution in [0.15, 0.2) is 83.6 Å². The van der Waals surface area contributed by atoms with Gasteiger partial charge in [0.2, 0.25) is 0 Å². The largest absolute Gasteiger partial charge is 0.493 e. The summed E-state index contributed by atoms with van der Waals surface area (Å²) in [6.45, 7) is 6.27. The average molecular weight is 496 g/mol. The normalized spacial score (nSPS) is 16.2. The van der Waals surface area contributed by atoms with Crippen LogP contribution in [0, 0.1) is 6.92 Å². The summed E-state index contributed by atoms with van der Waals surface area (Å²) in [5.41, 5.74) is 6.75. The van der Waals surface area contributed by atoms with E-state index in [1.165, 1.54) is 0 Å². The van der Waals surface area contributed by atoms with Crippen molar-refractivity contribution in [3.05, 3.63) is 111 Å². The number of aryl methyl sites for hydroxylation is 1. The second-order valence-electron chi connectivity index (χ2n) is 9.17. The van der Waals surface area contributed by atoms with Gasteiger partial charge in [-0.15, -0.1) is 0 Å². The van der Waals surface area contributed by atoms with Crippen molar-refractivity contribution >= 4 is 17.4 Å². The van der Waals surface area contributed by atoms with Gasteiger partial charge in [-0.3, -0.25) is 4.79 Å². The number of fused-ring (bicyclic) bond motifs is 2. The maximum atomic E-state index is 13.6. The van der Waals surface area contributed by atoms with Crippen molar-refractivity contribution < 1.29 is 23.8 Å². The third kappa shape index (κ3) is 4.40. The highest BCUT2D eigenvalue weighted by Crippen LogP contribution is 2.48. The molecule has 1 atom stereocenters. The number of carbonyl (C=O) groups is 2. The van der Waals surface area contributed by atoms with Crippen LogP contribution in [0.4, 0.5) is 0 Å². The molecule has 0 bridgehead atoms. The number of dihydropyridines is 1. The van der Waals surface area contributed by atoms with E-state index in [2.05, 4.69) is 11.4 Å². The Bertz CT molecular complexity index is 1470. The Labute approximate surface area is 216 Å². The van der Waals surface area contributed by atoms with Gasteiger partial charge in [-0.1, -0.05) is 60.2 Å². The number of benzene rings is 3. The van der Waals surface area contributed by atoms with Crippen LogP contribution >= 0.6 is 0 Å². The van der Waals surface area contributed by atoms with E-state index in [-0.39, 0.29) is 12.4 Å². The minimum Gasteiger partial charge on any atom is -0.493 e. The molecule has 3 aromatic rings. The second kappa shape index (κ2) is 9.97. The predicted octanol–water partition coefficient (Wildman–Crippen LogP) is 5.71. The van der Waals surface area contributed by atoms with Gasteiger partial charge in [0, 0.05) is 28.3 Å². The molecule has 6 nitrogen and oxygen atoms in total. The summed E-state index contributed by atoms with van der Waals surface area (Å²) in [6.07, 6.45) is 0. The quantitative estimate of drug-likeness (QED) is 0.423. The van der Waals surface area contributed by atoms with Crippen molar-refractivity contribution in [3.8, 4) is 11.5 Å². The minimum atomic E-state index is -0.616. The zero-order chi connectivity index (χ0) is 26.1. The number of Topliss-reactive ketones (excluding diaryl/α,β-unsaturated/α-hetero) is 1. The van der Waals surface area contributed by atoms with Gasteiger partial charge in [-0.05, 0) is 44.0 Å². The van der Waals surface area contributed by atoms with Crippen LogP contribution in [-0.2, 0) is 16.1 Å². The van der Waals surface area contributed by atoms with E-state index < -0.39 is 11.9 Å². The first-order valence-electron chi connectivity index (χ1n) is 12.3. The molecule has 0 radical (unpaired) electrons. The maximum absolute atomic E-state index is 13.6. The molecule has 0 unspecified atom stereocenters. The van der Waals surface area contributed by atoms with Gasteiger partial charge in [0.1, 0.15) is 6.61 Å². The van der Waals surface area contributed by atoms with Crippen molar-refractivity contribution in [1.82, 2.24) is 5.32 Å². The minimum absolute atomic E-state index is 0.101. The highest BCUT2D eigenvalue weighted by atomic mass is 16.5. The lowest BCUT2D eigenvalue weighted by Crippen LogP contribution is -2.29. The highest BCUT2D eigenvalue weighted by molar-refractivity contribution is 6.23. The summed E-state index contributed by atoms with van der Waals surface area (Å²) >= 11 is 0. The number of carbonyl (C=O) groups excluding carboxylic acids is 2. The molecular weight excluding hydrogens is 466 g/mol. The number of hydrogen-bond acceptors (Lipinski definition) is 6. The van der Waals surface area contributed by atoms with Gasteiger partial charge < -0.3 is 19.5 Å². The molecule has 0 amide bonds. The first kappa shape index (κ1) is 24.4. The van der Waals surface area contributed by atoms with E-state index in [1.807, 2.05) is 74.5 Å². The fourth-order valence-electron chi connectivity index (χ4n) is 5.09. The van der Waals surface area contributed by atoms with Crippen molar-refractivity contribution in [2.75, 3.05) is 13.7 Å². The summed E-state index contributed by atoms with van der Waals surface area (Å²) in [5, 5.41) is 3.32. The van der Waals surface area contributed by atoms with Crippen molar-refractivity contribution in [2.24, 2.45) is 0 Å². The average Bonchev–Trinajstić information content (AvgIpc) is 3.18. The molecule has 188 valence electrons. The molecule has 1 aliphatic heterocycles. The summed E-state index contributed by atoms with van der Waals surface area (Å²) in [4.78, 5) is 26.8. The fraction of sp³-hybridized carbons (Fsp3) is 0.226. The highest BCUT2D eigenvalue weighted by Gasteiger charge is 2.43. The Balaban J connectivity index is 1.56. The van der Waals surface area contributed by atoms with E-state index in [0.717, 1.165) is 28.0 Å². The number of hydrogen-bond donors (Lipinski definition) is 1. The third-order valence-electron chi connectivity index (χ3n) is 6.74. The van der Waals surface area contributed by atoms with E-state index >= 15 is 0 Å². The van der Waals surface area contributed by atoms with E-state index in [1.54, 1.807) is 14.0 Å². The number of methoxy groups -OCH3 is 1. The topological polar surface area (TPSA) is 73.9 Å². The fourth-order valence-corrected chi connectivity index (χ4v) is 5.09. The number of esters is 1. The van der Waals surface area contributed by atoms with Crippen LogP contribution in [0.3, 0.4) is 0 Å². The monoisotopic (exact) mass is 495 g/mol. The third-order valence-corrected chi connectivity index (χ3v) is 6.74. The number of allylic oxidation sites excluding steroid dienone is 2. The van der Waals surface area contributed by atoms with Gasteiger partial charge >= 0.3 is 5.97 Å². The number of rotatable bonds is 7. The lowest BCUT2D eigenvalue weighted by Gasteiger charge is -2.29. The van der Waals surface area contributed by atoms with E-state index in [0.29, 0.717) is 40.5 Å². The molecule has 6 heteroatoms. The Morgan fingerprint density at radius 2 is 1.73 bits per heavy atom. The molecule has 37 heavy (non-hydrogen) atoms. The van der Waals surface area contributed by atoms with Crippen LogP contribution in [0.1, 0.15) is 52.4 Å². The zero-order valence-electron chi connectivity index (χ0n) is 21.4. The molecule has 1 N–H and O–H groups in total. The standard InChI is InChI=1S/C31H29NO5/c1-5-36-31(34)26-19(3)32-29-22-11-6-7-12-23(22)30(33)28(29)27(26)21-13-14-24(25(16-21)35-4)37-17-20-10-8-9-18(2)15-20/h6-16,27,32H,5,17H2,1-4H3/t27-/m1/s1. The Hall–Kier alpha value is -4.32. The predicted molar refractivity (Wildman–Crippen MR) is 141 cm³/mol. The van der Waals surface area contributed by atoms with Gasteiger partial charge in [0.15, 0.2) is 17.3 Å². The second-order valence-corrected chi connectivity index (χ2v) is 9.17. The van der Waals surface area contributed by atoms with Crippen LogP contribution in [-0.4, -0.2) is 25.5 Å². The Morgan fingerprint density at radius 1 is 0.946 bits per heavy atom. The number of ether oxygens (including phenoxy) is 3. The van der Waals surface area contributed by atoms with Crippen LogP contribution in [0.2, 0.25) is 0 Å². The lowest BCUT2D eigenvalue weighted by molar-refractivity contribution is -0.138. The number of ketones is 1. The molecule has 1 aliphatic carbocycles. The molecule has 1 heterocycles. The van der Waals surface area contributed by atoms with Crippen molar-refractivity contribution in [1.29, 1.82) is 0 Å². The summed E-state index contributed by atoms with van der Waals surface area (Å²) < 4.78 is 17.2. The van der Waals surface area contributed by atoms with Crippen molar-refractivity contribution in [3.63, 3.8) is 0 Å². The molecule has 2 aliphatic rings. The molecule has 5 rings (SSSR count). The smallest absolute Gasteiger partial charge is 0.336 e.